The van der Waals surface area contributed by atoms with Gasteiger partial charge in [-0.05, 0) is 24.5 Å². The lowest BCUT2D eigenvalue weighted by Crippen LogP contribution is -2.51. The third-order valence-corrected chi connectivity index (χ3v) is 6.72. The first-order valence-electron chi connectivity index (χ1n) is 9.03. The van der Waals surface area contributed by atoms with Gasteiger partial charge in [0, 0.05) is 19.2 Å². The Morgan fingerprint density at radius 3 is 2.54 bits per heavy atom. The monoisotopic (exact) mass is 405 g/mol. The first kappa shape index (κ1) is 20.3. The summed E-state index contributed by atoms with van der Waals surface area (Å²) in [4.78, 5) is 4.42. The van der Waals surface area contributed by atoms with E-state index in [1.807, 2.05) is 30.3 Å². The Bertz CT molecular complexity index is 950. The van der Waals surface area contributed by atoms with Crippen molar-refractivity contribution in [3.63, 3.8) is 0 Å². The summed E-state index contributed by atoms with van der Waals surface area (Å²) in [5.74, 6) is -0.972. The van der Waals surface area contributed by atoms with Gasteiger partial charge in [-0.2, -0.15) is 0 Å². The van der Waals surface area contributed by atoms with Crippen molar-refractivity contribution in [2.75, 3.05) is 19.4 Å². The Hall–Kier alpha value is -2.45. The molecule has 2 aromatic rings. The third-order valence-electron chi connectivity index (χ3n) is 4.86. The van der Waals surface area contributed by atoms with Crippen LogP contribution in [-0.2, 0) is 26.9 Å². The number of hydrogen-bond acceptors (Lipinski definition) is 5. The summed E-state index contributed by atoms with van der Waals surface area (Å²) in [5.41, 5.74) is 5.88. The molecule has 0 aromatic heterocycles. The van der Waals surface area contributed by atoms with Gasteiger partial charge in [-0.15, -0.1) is 0 Å². The summed E-state index contributed by atoms with van der Waals surface area (Å²) in [7, 11) is -2.35. The van der Waals surface area contributed by atoms with Gasteiger partial charge in [-0.25, -0.2) is 22.1 Å². The summed E-state index contributed by atoms with van der Waals surface area (Å²) in [6.07, 6.45) is 0.813. The maximum Gasteiger partial charge on any atom is 0.239 e. The Morgan fingerprint density at radius 1 is 1.18 bits per heavy atom. The van der Waals surface area contributed by atoms with E-state index in [1.165, 1.54) is 13.1 Å². The van der Waals surface area contributed by atoms with Gasteiger partial charge in [0.1, 0.15) is 11.4 Å². The third kappa shape index (κ3) is 4.34. The summed E-state index contributed by atoms with van der Waals surface area (Å²) in [6.45, 7) is 0.858. The van der Waals surface area contributed by atoms with Gasteiger partial charge >= 0.3 is 0 Å². The van der Waals surface area contributed by atoms with Gasteiger partial charge in [0.15, 0.2) is 0 Å². The van der Waals surface area contributed by atoms with Crippen molar-refractivity contribution in [3.8, 4) is 0 Å². The van der Waals surface area contributed by atoms with Crippen LogP contribution in [-0.4, -0.2) is 38.1 Å². The summed E-state index contributed by atoms with van der Waals surface area (Å²) in [5, 5.41) is 0. The highest BCUT2D eigenvalue weighted by molar-refractivity contribution is 7.89. The lowest BCUT2D eigenvalue weighted by molar-refractivity contribution is 0.112. The molecule has 0 fully saturated rings. The highest BCUT2D eigenvalue weighted by atomic mass is 32.2. The molecule has 28 heavy (non-hydrogen) atoms. The van der Waals surface area contributed by atoms with Crippen molar-refractivity contribution in [1.82, 2.24) is 4.31 Å². The quantitative estimate of drug-likeness (QED) is 0.718. The molecule has 0 saturated carbocycles. The molecule has 8 heteroatoms. The van der Waals surface area contributed by atoms with E-state index in [2.05, 4.69) is 4.99 Å². The molecule has 3 rings (SSSR count). The fraction of sp³-hybridized carbons (Fsp3) is 0.350. The minimum Gasteiger partial charge on any atom is -0.377 e. The summed E-state index contributed by atoms with van der Waals surface area (Å²) in [6, 6.07) is 15.8. The zero-order chi connectivity index (χ0) is 20.2. The Kier molecular flexibility index (Phi) is 6.00. The van der Waals surface area contributed by atoms with Crippen LogP contribution in [0, 0.1) is 5.82 Å². The topological polar surface area (TPSA) is 85.0 Å². The van der Waals surface area contributed by atoms with E-state index in [0.29, 0.717) is 26.1 Å². The van der Waals surface area contributed by atoms with E-state index < -0.39 is 21.4 Å². The Labute approximate surface area is 164 Å². The fourth-order valence-corrected chi connectivity index (χ4v) is 4.82. The van der Waals surface area contributed by atoms with Crippen molar-refractivity contribution in [2.24, 2.45) is 10.7 Å². The second kappa shape index (κ2) is 8.28. The number of hydrogen-bond donors (Lipinski definition) is 1. The molecule has 1 aliphatic rings. The predicted octanol–water partition coefficient (Wildman–Crippen LogP) is 2.61. The molecule has 0 bridgehead atoms. The van der Waals surface area contributed by atoms with Crippen LogP contribution in [0.1, 0.15) is 24.0 Å². The lowest BCUT2D eigenvalue weighted by atomic mass is 9.87. The number of guanidine groups is 1. The molecule has 0 spiro atoms. The molecule has 0 aliphatic carbocycles. The first-order chi connectivity index (χ1) is 13.3. The zero-order valence-electron chi connectivity index (χ0n) is 15.7. The number of sulfonamides is 1. The van der Waals surface area contributed by atoms with Crippen molar-refractivity contribution < 1.29 is 17.5 Å². The number of nitrogens with zero attached hydrogens (tertiary/aromatic N) is 2. The van der Waals surface area contributed by atoms with Crippen molar-refractivity contribution in [1.29, 1.82) is 0 Å². The van der Waals surface area contributed by atoms with E-state index in [-0.39, 0.29) is 17.3 Å². The van der Waals surface area contributed by atoms with Crippen LogP contribution in [0.3, 0.4) is 0 Å². The van der Waals surface area contributed by atoms with E-state index in [0.717, 1.165) is 9.87 Å². The van der Waals surface area contributed by atoms with Crippen LogP contribution < -0.4 is 5.73 Å². The standard InChI is InChI=1S/C20H24FN3O3S/c1-24-19(22)23-20(15-28(24,25)26,17-10-5-6-11-18(17)21)12-7-13-27-14-16-8-3-2-4-9-16/h2-6,8-11H,7,12-15H2,1H3,(H2,22,23). The highest BCUT2D eigenvalue weighted by Gasteiger charge is 2.44. The summed E-state index contributed by atoms with van der Waals surface area (Å²) < 4.78 is 46.3. The zero-order valence-corrected chi connectivity index (χ0v) is 16.5. The van der Waals surface area contributed by atoms with Crippen LogP contribution in [0.15, 0.2) is 59.6 Å². The molecule has 1 aliphatic heterocycles. The smallest absolute Gasteiger partial charge is 0.239 e. The number of halogens is 1. The van der Waals surface area contributed by atoms with Crippen LogP contribution in [0.4, 0.5) is 4.39 Å². The van der Waals surface area contributed by atoms with E-state index in [4.69, 9.17) is 10.5 Å². The number of aliphatic imine (C=N–C) groups is 1. The van der Waals surface area contributed by atoms with Gasteiger partial charge in [0.05, 0.1) is 12.4 Å². The van der Waals surface area contributed by atoms with Crippen LogP contribution in [0.2, 0.25) is 0 Å². The van der Waals surface area contributed by atoms with Crippen LogP contribution >= 0.6 is 0 Å². The second-order valence-corrected chi connectivity index (χ2v) is 8.85. The van der Waals surface area contributed by atoms with E-state index in [1.54, 1.807) is 18.2 Å². The minimum absolute atomic E-state index is 0.139. The summed E-state index contributed by atoms with van der Waals surface area (Å²) >= 11 is 0. The van der Waals surface area contributed by atoms with Gasteiger partial charge in [0.25, 0.3) is 0 Å². The highest BCUT2D eigenvalue weighted by Crippen LogP contribution is 2.37. The second-order valence-electron chi connectivity index (χ2n) is 6.85. The van der Waals surface area contributed by atoms with Gasteiger partial charge in [-0.1, -0.05) is 48.5 Å². The number of benzene rings is 2. The first-order valence-corrected chi connectivity index (χ1v) is 10.6. The van der Waals surface area contributed by atoms with Crippen LogP contribution in [0.25, 0.3) is 0 Å². The Balaban J connectivity index is 1.78. The molecule has 0 amide bonds. The van der Waals surface area contributed by atoms with Crippen molar-refractivity contribution >= 4 is 16.0 Å². The molecule has 1 heterocycles. The van der Waals surface area contributed by atoms with Gasteiger partial charge in [0.2, 0.25) is 16.0 Å². The largest absolute Gasteiger partial charge is 0.377 e. The lowest BCUT2D eigenvalue weighted by Gasteiger charge is -2.37. The van der Waals surface area contributed by atoms with Gasteiger partial charge < -0.3 is 10.5 Å². The Morgan fingerprint density at radius 2 is 1.86 bits per heavy atom. The minimum atomic E-state index is -3.70. The molecule has 1 atom stereocenters. The van der Waals surface area contributed by atoms with Gasteiger partial charge in [-0.3, -0.25) is 0 Å². The molecular formula is C20H24FN3O3S. The van der Waals surface area contributed by atoms with E-state index >= 15 is 0 Å². The molecule has 2 N–H and O–H groups in total. The molecule has 150 valence electrons. The maximum absolute atomic E-state index is 14.5. The van der Waals surface area contributed by atoms with Crippen molar-refractivity contribution in [3.05, 3.63) is 71.5 Å². The fourth-order valence-electron chi connectivity index (χ4n) is 3.33. The number of ether oxygens (including phenoxy) is 1. The van der Waals surface area contributed by atoms with Crippen LogP contribution in [0.5, 0.6) is 0 Å². The molecule has 0 radical (unpaired) electrons. The van der Waals surface area contributed by atoms with E-state index in [9.17, 15) is 12.8 Å². The molecule has 1 unspecified atom stereocenters. The number of rotatable bonds is 7. The van der Waals surface area contributed by atoms with Crippen molar-refractivity contribution in [2.45, 2.75) is 25.0 Å². The predicted molar refractivity (Wildman–Crippen MR) is 107 cm³/mol. The SMILES string of the molecule is CN1C(N)=NC(CCCOCc2ccccc2)(c2ccccc2F)CS1(=O)=O. The molecule has 2 aromatic carbocycles. The maximum atomic E-state index is 14.5. The average Bonchev–Trinajstić information content (AvgIpc) is 2.67. The number of nitrogens with two attached hydrogens (primary N) is 1. The molecular weight excluding hydrogens is 381 g/mol. The molecule has 6 nitrogen and oxygen atoms in total. The normalized spacial score (nSPS) is 21.4. The molecule has 0 saturated heterocycles. The average molecular weight is 405 g/mol.